The van der Waals surface area contributed by atoms with E-state index in [-0.39, 0.29) is 5.02 Å². The van der Waals surface area contributed by atoms with Crippen LogP contribution in [0.4, 0.5) is 18.0 Å². The molecule has 0 bridgehead atoms. The molecule has 0 saturated carbocycles. The van der Waals surface area contributed by atoms with E-state index in [1.807, 2.05) is 26.0 Å². The number of hydrazone groups is 1. The summed E-state index contributed by atoms with van der Waals surface area (Å²) in [7, 11) is 1.48. The third-order valence-electron chi connectivity index (χ3n) is 5.68. The first-order valence-corrected chi connectivity index (χ1v) is 11.1. The normalized spacial score (nSPS) is 15.8. The number of amides is 2. The Morgan fingerprint density at radius 2 is 1.86 bits per heavy atom. The summed E-state index contributed by atoms with van der Waals surface area (Å²) in [6, 6.07) is 9.03. The summed E-state index contributed by atoms with van der Waals surface area (Å²) in [6.45, 7) is 5.43. The molecule has 0 fully saturated rings. The van der Waals surface area contributed by atoms with Crippen LogP contribution >= 0.6 is 11.6 Å². The van der Waals surface area contributed by atoms with Gasteiger partial charge in [0.2, 0.25) is 0 Å². The van der Waals surface area contributed by atoms with Crippen LogP contribution in [0.1, 0.15) is 35.1 Å². The fraction of sp³-hybridized carbons (Fsp3) is 0.292. The lowest BCUT2D eigenvalue weighted by Gasteiger charge is -2.22. The second-order valence-electron chi connectivity index (χ2n) is 8.17. The minimum absolute atomic E-state index is 0.185. The fourth-order valence-corrected chi connectivity index (χ4v) is 4.34. The van der Waals surface area contributed by atoms with E-state index < -0.39 is 24.2 Å². The van der Waals surface area contributed by atoms with Crippen LogP contribution in [0.25, 0.3) is 11.1 Å². The number of carbonyl (C=O) groups excluding carboxylic acids is 1. The topological polar surface area (TPSA) is 80.0 Å². The average Bonchev–Trinajstić information content (AvgIpc) is 3.05. The molecule has 2 heterocycles. The van der Waals surface area contributed by atoms with Gasteiger partial charge in [-0.2, -0.15) is 5.10 Å². The first kappa shape index (κ1) is 24.6. The molecule has 0 unspecified atom stereocenters. The number of aromatic nitrogens is 1. The third-order valence-corrected chi connectivity index (χ3v) is 5.98. The van der Waals surface area contributed by atoms with Gasteiger partial charge in [-0.05, 0) is 50.5 Å². The molecule has 35 heavy (non-hydrogen) atoms. The standard InChI is InChI=1S/C24H22ClF3N4O3/c1-12-9-17-10-19(25)20(34-24(26,27)28)11-18(17)22(30-32(12)23(33)29-4)16-7-5-15(6-8-16)21-13(2)31-35-14(21)3/h5-8,10-12H,9H2,1-4H3,(H,29,33)/t12-/m0/s1. The van der Waals surface area contributed by atoms with Gasteiger partial charge in [0.05, 0.1) is 22.5 Å². The summed E-state index contributed by atoms with van der Waals surface area (Å²) in [6.07, 6.45) is -4.60. The molecule has 3 aromatic rings. The summed E-state index contributed by atoms with van der Waals surface area (Å²) < 4.78 is 48.4. The van der Waals surface area contributed by atoms with Crippen LogP contribution in [-0.2, 0) is 6.42 Å². The molecular weight excluding hydrogens is 485 g/mol. The van der Waals surface area contributed by atoms with E-state index >= 15 is 0 Å². The maximum absolute atomic E-state index is 13.0. The minimum atomic E-state index is -4.92. The van der Waals surface area contributed by atoms with E-state index in [2.05, 4.69) is 20.3 Å². The van der Waals surface area contributed by atoms with E-state index in [0.29, 0.717) is 34.6 Å². The van der Waals surface area contributed by atoms with Crippen LogP contribution in [0.5, 0.6) is 5.75 Å². The first-order chi connectivity index (χ1) is 16.5. The number of hydrogen-bond donors (Lipinski definition) is 1. The molecule has 0 radical (unpaired) electrons. The lowest BCUT2D eigenvalue weighted by Crippen LogP contribution is -2.41. The molecule has 0 aliphatic carbocycles. The van der Waals surface area contributed by atoms with Crippen LogP contribution in [0.15, 0.2) is 46.0 Å². The zero-order valence-corrected chi connectivity index (χ0v) is 20.1. The van der Waals surface area contributed by atoms with Crippen molar-refractivity contribution in [1.82, 2.24) is 15.5 Å². The Bertz CT molecular complexity index is 1280. The molecule has 2 aromatic carbocycles. The molecule has 0 spiro atoms. The molecule has 7 nitrogen and oxygen atoms in total. The van der Waals surface area contributed by atoms with Gasteiger partial charge in [0.1, 0.15) is 11.5 Å². The molecule has 2 amide bonds. The second-order valence-corrected chi connectivity index (χ2v) is 8.57. The van der Waals surface area contributed by atoms with E-state index in [1.54, 1.807) is 19.1 Å². The third kappa shape index (κ3) is 4.97. The Morgan fingerprint density at radius 1 is 1.20 bits per heavy atom. The van der Waals surface area contributed by atoms with Gasteiger partial charge in [-0.15, -0.1) is 13.2 Å². The fourth-order valence-electron chi connectivity index (χ4n) is 4.11. The van der Waals surface area contributed by atoms with Crippen LogP contribution in [0.3, 0.4) is 0 Å². The van der Waals surface area contributed by atoms with E-state index in [0.717, 1.165) is 16.8 Å². The number of aryl methyl sites for hydroxylation is 2. The molecule has 1 atom stereocenters. The van der Waals surface area contributed by atoms with Gasteiger partial charge in [-0.25, -0.2) is 9.80 Å². The maximum atomic E-state index is 13.0. The summed E-state index contributed by atoms with van der Waals surface area (Å²) in [5.41, 5.74) is 4.36. The zero-order chi connectivity index (χ0) is 25.5. The molecule has 184 valence electrons. The highest BCUT2D eigenvalue weighted by Crippen LogP contribution is 2.36. The zero-order valence-electron chi connectivity index (χ0n) is 19.3. The Hall–Kier alpha value is -3.53. The summed E-state index contributed by atoms with van der Waals surface area (Å²) in [5, 5.41) is 12.2. The van der Waals surface area contributed by atoms with E-state index in [9.17, 15) is 18.0 Å². The highest BCUT2D eigenvalue weighted by Gasteiger charge is 2.34. The van der Waals surface area contributed by atoms with Crippen molar-refractivity contribution >= 4 is 23.3 Å². The highest BCUT2D eigenvalue weighted by atomic mass is 35.5. The SMILES string of the molecule is CNC(=O)N1N=C(c2ccc(-c3c(C)noc3C)cc2)c2cc(OC(F)(F)F)c(Cl)cc2C[C@@H]1C. The van der Waals surface area contributed by atoms with E-state index in [1.165, 1.54) is 24.2 Å². The van der Waals surface area contributed by atoms with Gasteiger partial charge >= 0.3 is 12.4 Å². The Morgan fingerprint density at radius 3 is 2.43 bits per heavy atom. The van der Waals surface area contributed by atoms with Crippen molar-refractivity contribution < 1.29 is 27.2 Å². The molecule has 0 saturated heterocycles. The van der Waals surface area contributed by atoms with Crippen molar-refractivity contribution in [1.29, 1.82) is 0 Å². The molecule has 1 aromatic heterocycles. The molecular formula is C24H22ClF3N4O3. The Balaban J connectivity index is 1.87. The van der Waals surface area contributed by atoms with Crippen molar-refractivity contribution in [3.63, 3.8) is 0 Å². The predicted octanol–water partition coefficient (Wildman–Crippen LogP) is 5.85. The van der Waals surface area contributed by atoms with Crippen molar-refractivity contribution in [2.75, 3.05) is 7.05 Å². The van der Waals surface area contributed by atoms with Gasteiger partial charge in [0.15, 0.2) is 0 Å². The number of nitrogens with zero attached hydrogens (tertiary/aromatic N) is 3. The van der Waals surface area contributed by atoms with Gasteiger partial charge in [0.25, 0.3) is 0 Å². The number of fused-ring (bicyclic) bond motifs is 1. The van der Waals surface area contributed by atoms with Crippen LogP contribution in [0, 0.1) is 13.8 Å². The van der Waals surface area contributed by atoms with Crippen LogP contribution in [-0.4, -0.2) is 41.4 Å². The smallest absolute Gasteiger partial charge is 0.404 e. The number of alkyl halides is 3. The number of benzene rings is 2. The summed E-state index contributed by atoms with van der Waals surface area (Å²) >= 11 is 6.12. The van der Waals surface area contributed by atoms with Crippen molar-refractivity contribution in [3.8, 4) is 16.9 Å². The van der Waals surface area contributed by atoms with Crippen molar-refractivity contribution in [3.05, 3.63) is 69.6 Å². The Labute approximate surface area is 204 Å². The molecule has 4 rings (SSSR count). The van der Waals surface area contributed by atoms with Crippen molar-refractivity contribution in [2.45, 2.75) is 39.6 Å². The van der Waals surface area contributed by atoms with Gasteiger partial charge in [-0.3, -0.25) is 0 Å². The number of ether oxygens (including phenoxy) is 1. The average molecular weight is 507 g/mol. The van der Waals surface area contributed by atoms with Gasteiger partial charge in [-0.1, -0.05) is 41.0 Å². The molecule has 1 aliphatic heterocycles. The molecule has 11 heteroatoms. The molecule has 1 aliphatic rings. The largest absolute Gasteiger partial charge is 0.573 e. The number of halogens is 4. The van der Waals surface area contributed by atoms with Crippen LogP contribution in [0.2, 0.25) is 5.02 Å². The first-order valence-electron chi connectivity index (χ1n) is 10.7. The van der Waals surface area contributed by atoms with Gasteiger partial charge < -0.3 is 14.6 Å². The number of nitrogens with one attached hydrogen (secondary N) is 1. The summed E-state index contributed by atoms with van der Waals surface area (Å²) in [5.74, 6) is 0.120. The highest BCUT2D eigenvalue weighted by molar-refractivity contribution is 6.32. The number of hydrogen-bond acceptors (Lipinski definition) is 5. The lowest BCUT2D eigenvalue weighted by molar-refractivity contribution is -0.274. The Kier molecular flexibility index (Phi) is 6.50. The molecule has 1 N–H and O–H groups in total. The quantitative estimate of drug-likeness (QED) is 0.483. The van der Waals surface area contributed by atoms with Crippen LogP contribution < -0.4 is 10.1 Å². The predicted molar refractivity (Wildman–Crippen MR) is 125 cm³/mol. The van der Waals surface area contributed by atoms with Crippen molar-refractivity contribution in [2.24, 2.45) is 5.10 Å². The summed E-state index contributed by atoms with van der Waals surface area (Å²) in [4.78, 5) is 12.6. The number of urea groups is 1. The van der Waals surface area contributed by atoms with E-state index in [4.69, 9.17) is 16.1 Å². The second kappa shape index (κ2) is 9.26. The number of rotatable bonds is 3. The maximum Gasteiger partial charge on any atom is 0.573 e. The van der Waals surface area contributed by atoms with Gasteiger partial charge in [0, 0.05) is 23.7 Å². The number of carbonyl (C=O) groups is 1. The lowest BCUT2D eigenvalue weighted by atomic mass is 9.93. The minimum Gasteiger partial charge on any atom is -0.404 e. The monoisotopic (exact) mass is 506 g/mol.